The lowest BCUT2D eigenvalue weighted by Gasteiger charge is -2.07. The Hall–Kier alpha value is -3.20. The van der Waals surface area contributed by atoms with E-state index >= 15 is 0 Å². The monoisotopic (exact) mass is 351 g/mol. The lowest BCUT2D eigenvalue weighted by Crippen LogP contribution is -2.27. The van der Waals surface area contributed by atoms with Gasteiger partial charge in [-0.15, -0.1) is 0 Å². The topological polar surface area (TPSA) is 125 Å². The third kappa shape index (κ3) is 4.40. The summed E-state index contributed by atoms with van der Waals surface area (Å²) in [6.07, 6.45) is 2.17. The molecule has 0 spiro atoms. The number of aromatic nitrogens is 1. The third-order valence-corrected chi connectivity index (χ3v) is 3.01. The first-order valence-corrected chi connectivity index (χ1v) is 6.84. The molecule has 0 saturated carbocycles. The van der Waals surface area contributed by atoms with Crippen molar-refractivity contribution in [2.45, 2.75) is 0 Å². The molecule has 2 rings (SSSR count). The Labute approximate surface area is 140 Å². The molecule has 0 saturated heterocycles. The van der Waals surface area contributed by atoms with Crippen molar-refractivity contribution in [1.29, 1.82) is 0 Å². The average Bonchev–Trinajstić information content (AvgIpc) is 2.54. The molecule has 24 heavy (non-hydrogen) atoms. The van der Waals surface area contributed by atoms with Crippen LogP contribution in [0.25, 0.3) is 0 Å². The summed E-state index contributed by atoms with van der Waals surface area (Å²) in [6, 6.07) is 6.41. The molecular weight excluding hydrogens is 342 g/mol. The molecule has 0 unspecified atom stereocenters. The van der Waals surface area contributed by atoms with Crippen molar-refractivity contribution in [2.75, 3.05) is 11.9 Å². The summed E-state index contributed by atoms with van der Waals surface area (Å²) in [5.74, 6) is -1.65. The minimum Gasteiger partial charge on any atom is -0.619 e. The Morgan fingerprint density at radius 1 is 1.33 bits per heavy atom. The Kier molecular flexibility index (Phi) is 5.27. The maximum absolute atomic E-state index is 11.8. The minimum atomic E-state index is -0.874. The van der Waals surface area contributed by atoms with Crippen molar-refractivity contribution >= 4 is 34.9 Å². The zero-order valence-electron chi connectivity index (χ0n) is 12.0. The Balaban J connectivity index is 1.99. The van der Waals surface area contributed by atoms with E-state index in [9.17, 15) is 24.9 Å². The molecule has 1 N–H and O–H groups in total. The molecule has 124 valence electrons. The molecule has 0 radical (unpaired) electrons. The van der Waals surface area contributed by atoms with Gasteiger partial charge >= 0.3 is 5.97 Å². The molecule has 0 aliphatic carbocycles. The summed E-state index contributed by atoms with van der Waals surface area (Å²) in [7, 11) is 0. The number of amides is 1. The van der Waals surface area contributed by atoms with Crippen LogP contribution in [0, 0.1) is 15.3 Å². The normalized spacial score (nSPS) is 10.0. The summed E-state index contributed by atoms with van der Waals surface area (Å²) in [4.78, 5) is 33.7. The average molecular weight is 352 g/mol. The van der Waals surface area contributed by atoms with Gasteiger partial charge in [0.2, 0.25) is 0 Å². The maximum atomic E-state index is 11.8. The highest BCUT2D eigenvalue weighted by atomic mass is 35.5. The number of rotatable bonds is 5. The first-order chi connectivity index (χ1) is 11.4. The summed E-state index contributed by atoms with van der Waals surface area (Å²) >= 11 is 5.67. The second-order valence-corrected chi connectivity index (χ2v) is 4.93. The van der Waals surface area contributed by atoms with Gasteiger partial charge in [-0.2, -0.15) is 4.73 Å². The van der Waals surface area contributed by atoms with Crippen LogP contribution in [0.4, 0.5) is 11.4 Å². The Morgan fingerprint density at radius 3 is 2.75 bits per heavy atom. The standard InChI is InChI=1S/C14H10ClN3O6/c15-10-3-4-11(12(6-10)18(22)23)16-13(19)8-24-14(20)9-2-1-5-17(21)7-9/h1-7H,8H2,(H,16,19). The highest BCUT2D eigenvalue weighted by molar-refractivity contribution is 6.31. The van der Waals surface area contributed by atoms with Gasteiger partial charge in [0.25, 0.3) is 11.6 Å². The predicted molar refractivity (Wildman–Crippen MR) is 82.4 cm³/mol. The quantitative estimate of drug-likeness (QED) is 0.287. The van der Waals surface area contributed by atoms with E-state index < -0.39 is 29.1 Å². The molecule has 2 aromatic rings. The Morgan fingerprint density at radius 2 is 2.08 bits per heavy atom. The van der Waals surface area contributed by atoms with E-state index in [-0.39, 0.29) is 16.3 Å². The fourth-order valence-electron chi connectivity index (χ4n) is 1.74. The van der Waals surface area contributed by atoms with Crippen LogP contribution in [0.1, 0.15) is 10.4 Å². The lowest BCUT2D eigenvalue weighted by molar-refractivity contribution is -0.605. The minimum absolute atomic E-state index is 0.0298. The molecule has 9 nitrogen and oxygen atoms in total. The van der Waals surface area contributed by atoms with Crippen LogP contribution in [0.15, 0.2) is 42.7 Å². The zero-order chi connectivity index (χ0) is 17.7. The molecule has 0 atom stereocenters. The van der Waals surface area contributed by atoms with E-state index in [1.165, 1.54) is 30.5 Å². The molecule has 0 fully saturated rings. The summed E-state index contributed by atoms with van der Waals surface area (Å²) in [6.45, 7) is -0.674. The van der Waals surface area contributed by atoms with E-state index in [1.807, 2.05) is 0 Å². The van der Waals surface area contributed by atoms with Crippen molar-refractivity contribution in [2.24, 2.45) is 0 Å². The van der Waals surface area contributed by atoms with Crippen molar-refractivity contribution < 1.29 is 24.0 Å². The van der Waals surface area contributed by atoms with Crippen LogP contribution in [0.3, 0.4) is 0 Å². The second-order valence-electron chi connectivity index (χ2n) is 4.50. The number of pyridine rings is 1. The molecule has 0 bridgehead atoms. The van der Waals surface area contributed by atoms with Crippen molar-refractivity contribution in [1.82, 2.24) is 0 Å². The first kappa shape index (κ1) is 17.2. The van der Waals surface area contributed by atoms with Gasteiger partial charge in [0.15, 0.2) is 19.0 Å². The van der Waals surface area contributed by atoms with Crippen LogP contribution >= 0.6 is 11.6 Å². The number of hydrogen-bond donors (Lipinski definition) is 1. The molecule has 1 aromatic heterocycles. The SMILES string of the molecule is O=C(COC(=O)c1ccc[n+]([O-])c1)Nc1ccc(Cl)cc1[N+](=O)[O-]. The smallest absolute Gasteiger partial charge is 0.344 e. The van der Waals surface area contributed by atoms with Gasteiger partial charge in [0.1, 0.15) is 11.3 Å². The van der Waals surface area contributed by atoms with E-state index in [0.29, 0.717) is 4.73 Å². The molecule has 1 heterocycles. The number of halogens is 1. The van der Waals surface area contributed by atoms with Gasteiger partial charge in [-0.3, -0.25) is 14.9 Å². The van der Waals surface area contributed by atoms with Crippen molar-refractivity contribution in [3.05, 3.63) is 68.6 Å². The predicted octanol–water partition coefficient (Wildman–Crippen LogP) is 1.68. The van der Waals surface area contributed by atoms with Gasteiger partial charge in [-0.25, -0.2) is 4.79 Å². The van der Waals surface area contributed by atoms with Gasteiger partial charge in [-0.05, 0) is 18.2 Å². The van der Waals surface area contributed by atoms with Crippen LogP contribution in [-0.4, -0.2) is 23.4 Å². The number of carbonyl (C=O) groups is 2. The summed E-state index contributed by atoms with van der Waals surface area (Å²) in [5.41, 5.74) is -0.502. The number of benzene rings is 1. The number of anilines is 1. The van der Waals surface area contributed by atoms with E-state index in [1.54, 1.807) is 0 Å². The number of hydrogen-bond acceptors (Lipinski definition) is 6. The Bertz CT molecular complexity index is 811. The van der Waals surface area contributed by atoms with Gasteiger partial charge in [-0.1, -0.05) is 11.6 Å². The molecule has 0 aliphatic heterocycles. The summed E-state index contributed by atoms with van der Waals surface area (Å²) in [5, 5.41) is 24.4. The van der Waals surface area contributed by atoms with Crippen LogP contribution < -0.4 is 10.0 Å². The number of nitrogens with zero attached hydrogens (tertiary/aromatic N) is 2. The fraction of sp³-hybridized carbons (Fsp3) is 0.0714. The highest BCUT2D eigenvalue weighted by Gasteiger charge is 2.18. The van der Waals surface area contributed by atoms with Gasteiger partial charge in [0, 0.05) is 17.2 Å². The molecular formula is C14H10ClN3O6. The number of esters is 1. The highest BCUT2D eigenvalue weighted by Crippen LogP contribution is 2.27. The number of carbonyl (C=O) groups excluding carboxylic acids is 2. The van der Waals surface area contributed by atoms with Gasteiger partial charge < -0.3 is 15.3 Å². The molecule has 1 aromatic carbocycles. The van der Waals surface area contributed by atoms with E-state index in [4.69, 9.17) is 16.3 Å². The summed E-state index contributed by atoms with van der Waals surface area (Å²) < 4.78 is 5.15. The van der Waals surface area contributed by atoms with E-state index in [2.05, 4.69) is 5.32 Å². The van der Waals surface area contributed by atoms with Crippen LogP contribution in [-0.2, 0) is 9.53 Å². The second kappa shape index (κ2) is 7.38. The number of nitro groups is 1. The van der Waals surface area contributed by atoms with E-state index in [0.717, 1.165) is 12.3 Å². The van der Waals surface area contributed by atoms with Gasteiger partial charge in [0.05, 0.1) is 4.92 Å². The van der Waals surface area contributed by atoms with Crippen molar-refractivity contribution in [3.8, 4) is 0 Å². The third-order valence-electron chi connectivity index (χ3n) is 2.78. The maximum Gasteiger partial charge on any atom is 0.344 e. The van der Waals surface area contributed by atoms with Crippen molar-refractivity contribution in [3.63, 3.8) is 0 Å². The number of nitro benzene ring substituents is 1. The van der Waals surface area contributed by atoms with Crippen LogP contribution in [0.2, 0.25) is 5.02 Å². The molecule has 10 heteroatoms. The molecule has 0 aliphatic rings. The lowest BCUT2D eigenvalue weighted by atomic mass is 10.2. The van der Waals surface area contributed by atoms with Crippen LogP contribution in [0.5, 0.6) is 0 Å². The fourth-order valence-corrected chi connectivity index (χ4v) is 1.90. The number of nitrogens with one attached hydrogen (secondary N) is 1. The number of ether oxygens (including phenoxy) is 1. The molecule has 1 amide bonds. The zero-order valence-corrected chi connectivity index (χ0v) is 12.7. The first-order valence-electron chi connectivity index (χ1n) is 6.46. The largest absolute Gasteiger partial charge is 0.619 e.